The van der Waals surface area contributed by atoms with E-state index in [0.29, 0.717) is 24.4 Å². The molecule has 0 spiro atoms. The molecule has 8 atom stereocenters. The number of rotatable bonds is 2. The van der Waals surface area contributed by atoms with Crippen LogP contribution in [0.15, 0.2) is 11.6 Å². The largest absolute Gasteiger partial charge is 0.458 e. The molecule has 0 aromatic rings. The summed E-state index contributed by atoms with van der Waals surface area (Å²) in [4.78, 5) is 26.3. The van der Waals surface area contributed by atoms with E-state index in [9.17, 15) is 14.7 Å². The summed E-state index contributed by atoms with van der Waals surface area (Å²) in [5, 5.41) is 15.6. The van der Waals surface area contributed by atoms with Gasteiger partial charge in [0.1, 0.15) is 12.7 Å². The lowest BCUT2D eigenvalue weighted by atomic mass is 9.43. The Hall–Kier alpha value is -1.60. The van der Waals surface area contributed by atoms with Gasteiger partial charge in [0.15, 0.2) is 0 Å². The molecule has 1 amide bonds. The Balaban J connectivity index is 1.16. The number of nitrogens with one attached hydrogen (secondary N) is 1. The summed E-state index contributed by atoms with van der Waals surface area (Å²) in [5.74, 6) is 1.39. The fourth-order valence-corrected chi connectivity index (χ4v) is 9.54. The van der Waals surface area contributed by atoms with E-state index in [2.05, 4.69) is 19.2 Å². The standard InChI is InChI=1S/C28H42N2O5/c1-26-8-5-20(35-25(32)30-13-11-29-12-14-30)16-19(26)3-4-23-22(26)6-9-27(2)21(7-10-28(23,27)33)18-15-24(31)34-17-18/h15,19-23,29,33H,3-14,16-17H2,1-2H3/t19?,20-,21?,22?,23?,26?,27?,28?/m1/s1. The quantitative estimate of drug-likeness (QED) is 0.580. The minimum atomic E-state index is -0.674. The van der Waals surface area contributed by atoms with E-state index in [1.807, 2.05) is 4.90 Å². The highest BCUT2D eigenvalue weighted by atomic mass is 16.6. The third-order valence-electron chi connectivity index (χ3n) is 11.6. The van der Waals surface area contributed by atoms with Gasteiger partial charge in [0, 0.05) is 37.7 Å². The molecule has 0 bridgehead atoms. The van der Waals surface area contributed by atoms with Gasteiger partial charge in [-0.2, -0.15) is 0 Å². The summed E-state index contributed by atoms with van der Waals surface area (Å²) < 4.78 is 11.3. The van der Waals surface area contributed by atoms with Crippen LogP contribution in [-0.4, -0.2) is 66.6 Å². The van der Waals surface area contributed by atoms with Gasteiger partial charge in [-0.1, -0.05) is 13.8 Å². The average molecular weight is 487 g/mol. The number of piperazine rings is 1. The van der Waals surface area contributed by atoms with Gasteiger partial charge in [0.05, 0.1) is 5.60 Å². The SMILES string of the molecule is CC12CC[C@@H](OC(=O)N3CCNCC3)CC1CCC1C2CCC2(C)C(C3=CC(=O)OC3)CCC12O. The number of carbonyl (C=O) groups is 2. The van der Waals surface area contributed by atoms with E-state index in [1.54, 1.807) is 6.08 Å². The second-order valence-electron chi connectivity index (χ2n) is 12.8. The monoisotopic (exact) mass is 486 g/mol. The topological polar surface area (TPSA) is 88.1 Å². The first-order chi connectivity index (χ1) is 16.7. The molecule has 1 saturated heterocycles. The highest BCUT2D eigenvalue weighted by Gasteiger charge is 2.67. The van der Waals surface area contributed by atoms with Crippen LogP contribution in [0.3, 0.4) is 0 Å². The highest BCUT2D eigenvalue weighted by Crippen LogP contribution is 2.70. The molecular formula is C28H42N2O5. The molecule has 2 heterocycles. The molecule has 0 aromatic carbocycles. The molecule has 2 N–H and O–H groups in total. The Bertz CT molecular complexity index is 915. The van der Waals surface area contributed by atoms with E-state index in [4.69, 9.17) is 9.47 Å². The molecule has 194 valence electrons. The van der Waals surface area contributed by atoms with Gasteiger partial charge >= 0.3 is 12.1 Å². The van der Waals surface area contributed by atoms with Gasteiger partial charge in [-0.15, -0.1) is 0 Å². The lowest BCUT2D eigenvalue weighted by Gasteiger charge is -2.63. The van der Waals surface area contributed by atoms with Crippen LogP contribution in [0, 0.1) is 34.5 Å². The smallest absolute Gasteiger partial charge is 0.410 e. The maximum Gasteiger partial charge on any atom is 0.410 e. The molecule has 35 heavy (non-hydrogen) atoms. The van der Waals surface area contributed by atoms with E-state index in [-0.39, 0.29) is 34.9 Å². The lowest BCUT2D eigenvalue weighted by molar-refractivity contribution is -0.208. The number of fused-ring (bicyclic) bond motifs is 5. The molecule has 6 aliphatic rings. The Morgan fingerprint density at radius 2 is 1.89 bits per heavy atom. The fraction of sp³-hybridized carbons (Fsp3) is 0.857. The van der Waals surface area contributed by atoms with Crippen LogP contribution >= 0.6 is 0 Å². The molecule has 6 rings (SSSR count). The first-order valence-electron chi connectivity index (χ1n) is 14.0. The van der Waals surface area contributed by atoms with Crippen molar-refractivity contribution in [3.05, 3.63) is 11.6 Å². The van der Waals surface area contributed by atoms with Gasteiger partial charge in [-0.25, -0.2) is 9.59 Å². The number of cyclic esters (lactones) is 1. The van der Waals surface area contributed by atoms with Crippen molar-refractivity contribution in [2.24, 2.45) is 34.5 Å². The zero-order valence-corrected chi connectivity index (χ0v) is 21.4. The number of hydrogen-bond acceptors (Lipinski definition) is 6. The van der Waals surface area contributed by atoms with Crippen LogP contribution < -0.4 is 5.32 Å². The molecule has 0 aromatic heterocycles. The normalized spacial score (nSPS) is 47.3. The molecular weight excluding hydrogens is 444 g/mol. The number of hydrogen-bond donors (Lipinski definition) is 2. The minimum absolute atomic E-state index is 0.0201. The number of esters is 1. The first kappa shape index (κ1) is 23.8. The molecule has 7 unspecified atom stereocenters. The van der Waals surface area contributed by atoms with Crippen molar-refractivity contribution >= 4 is 12.1 Å². The maximum absolute atomic E-state index is 12.7. The van der Waals surface area contributed by atoms with Crippen molar-refractivity contribution in [2.45, 2.75) is 83.3 Å². The van der Waals surface area contributed by atoms with Crippen LogP contribution in [0.2, 0.25) is 0 Å². The molecule has 0 radical (unpaired) electrons. The van der Waals surface area contributed by atoms with Crippen molar-refractivity contribution in [3.8, 4) is 0 Å². The number of amides is 1. The zero-order chi connectivity index (χ0) is 24.4. The van der Waals surface area contributed by atoms with Gasteiger partial charge < -0.3 is 24.8 Å². The zero-order valence-electron chi connectivity index (χ0n) is 21.4. The molecule has 7 nitrogen and oxygen atoms in total. The number of ether oxygens (including phenoxy) is 2. The summed E-state index contributed by atoms with van der Waals surface area (Å²) in [5.41, 5.74) is 0.431. The molecule has 4 saturated carbocycles. The Morgan fingerprint density at radius 3 is 2.63 bits per heavy atom. The van der Waals surface area contributed by atoms with E-state index in [0.717, 1.165) is 89.5 Å². The van der Waals surface area contributed by atoms with Gasteiger partial charge in [0.25, 0.3) is 0 Å². The van der Waals surface area contributed by atoms with Crippen LogP contribution in [0.25, 0.3) is 0 Å². The van der Waals surface area contributed by atoms with Crippen LogP contribution in [0.1, 0.15) is 71.6 Å². The van der Waals surface area contributed by atoms with Crippen LogP contribution in [-0.2, 0) is 14.3 Å². The summed E-state index contributed by atoms with van der Waals surface area (Å²) in [6.45, 7) is 8.29. The van der Waals surface area contributed by atoms with Crippen molar-refractivity contribution in [1.82, 2.24) is 10.2 Å². The summed E-state index contributed by atoms with van der Waals surface area (Å²) in [6, 6.07) is 0. The van der Waals surface area contributed by atoms with Crippen LogP contribution in [0.5, 0.6) is 0 Å². The number of aliphatic hydroxyl groups is 1. The van der Waals surface area contributed by atoms with Crippen molar-refractivity contribution in [1.29, 1.82) is 0 Å². The Labute approximate surface area is 209 Å². The second-order valence-corrected chi connectivity index (χ2v) is 12.8. The Morgan fingerprint density at radius 1 is 1.09 bits per heavy atom. The fourth-order valence-electron chi connectivity index (χ4n) is 9.54. The predicted octanol–water partition coefficient (Wildman–Crippen LogP) is 3.65. The number of carbonyl (C=O) groups excluding carboxylic acids is 2. The van der Waals surface area contributed by atoms with Crippen molar-refractivity contribution < 1.29 is 24.2 Å². The summed E-state index contributed by atoms with van der Waals surface area (Å²) in [6.07, 6.45) is 10.6. The summed E-state index contributed by atoms with van der Waals surface area (Å²) in [7, 11) is 0. The van der Waals surface area contributed by atoms with E-state index >= 15 is 0 Å². The van der Waals surface area contributed by atoms with Crippen molar-refractivity contribution in [3.63, 3.8) is 0 Å². The molecule has 7 heteroatoms. The van der Waals surface area contributed by atoms with Gasteiger partial charge in [-0.3, -0.25) is 0 Å². The van der Waals surface area contributed by atoms with Crippen molar-refractivity contribution in [2.75, 3.05) is 32.8 Å². The third-order valence-corrected chi connectivity index (χ3v) is 11.6. The van der Waals surface area contributed by atoms with E-state index in [1.165, 1.54) is 0 Å². The lowest BCUT2D eigenvalue weighted by Crippen LogP contribution is -2.62. The molecule has 2 aliphatic heterocycles. The maximum atomic E-state index is 12.7. The molecule has 5 fully saturated rings. The van der Waals surface area contributed by atoms with Crippen LogP contribution in [0.4, 0.5) is 4.79 Å². The average Bonchev–Trinajstić information content (AvgIpc) is 3.39. The highest BCUT2D eigenvalue weighted by molar-refractivity contribution is 5.85. The second kappa shape index (κ2) is 8.47. The Kier molecular flexibility index (Phi) is 5.76. The molecule has 4 aliphatic carbocycles. The van der Waals surface area contributed by atoms with Gasteiger partial charge in [-0.05, 0) is 92.4 Å². The predicted molar refractivity (Wildman–Crippen MR) is 130 cm³/mol. The van der Waals surface area contributed by atoms with E-state index < -0.39 is 5.60 Å². The first-order valence-corrected chi connectivity index (χ1v) is 14.0. The minimum Gasteiger partial charge on any atom is -0.458 e. The summed E-state index contributed by atoms with van der Waals surface area (Å²) >= 11 is 0. The number of nitrogens with zero attached hydrogens (tertiary/aromatic N) is 1. The third kappa shape index (κ3) is 3.58. The van der Waals surface area contributed by atoms with Gasteiger partial charge in [0.2, 0.25) is 0 Å².